The second kappa shape index (κ2) is 10.8. The average Bonchev–Trinajstić information content (AvgIpc) is 3.08. The summed E-state index contributed by atoms with van der Waals surface area (Å²) < 4.78 is 8.01. The van der Waals surface area contributed by atoms with E-state index in [2.05, 4.69) is 60.6 Å². The fraction of sp³-hybridized carbons (Fsp3) is 0.483. The van der Waals surface area contributed by atoms with Crippen LogP contribution in [-0.2, 0) is 22.5 Å². The van der Waals surface area contributed by atoms with Crippen molar-refractivity contribution in [1.82, 2.24) is 4.57 Å². The van der Waals surface area contributed by atoms with Crippen LogP contribution >= 0.6 is 0 Å². The van der Waals surface area contributed by atoms with Gasteiger partial charge in [0, 0.05) is 37.3 Å². The molecular formula is C29H40N2O4. The number of nitrogens with zero attached hydrogens (tertiary/aromatic N) is 2. The Morgan fingerprint density at radius 2 is 1.71 bits per heavy atom. The fourth-order valence-electron chi connectivity index (χ4n) is 4.77. The first-order valence-electron chi connectivity index (χ1n) is 12.4. The molecule has 6 heteroatoms. The summed E-state index contributed by atoms with van der Waals surface area (Å²) in [7, 11) is 0. The number of hydrogen-bond acceptors (Lipinski definition) is 4. The molecule has 3 aromatic rings. The Balaban J connectivity index is 0.000000623. The Hall–Kier alpha value is -2.83. The largest absolute Gasteiger partial charge is 0.481 e. The van der Waals surface area contributed by atoms with Crippen LogP contribution < -0.4 is 4.90 Å². The number of ether oxygens (including phenoxy) is 1. The minimum absolute atomic E-state index is 0.0154. The number of benzene rings is 2. The van der Waals surface area contributed by atoms with E-state index in [4.69, 9.17) is 9.84 Å². The summed E-state index contributed by atoms with van der Waals surface area (Å²) >= 11 is 0. The third-order valence-electron chi connectivity index (χ3n) is 6.19. The summed E-state index contributed by atoms with van der Waals surface area (Å²) in [5.74, 6) is -0.800. The first-order valence-corrected chi connectivity index (χ1v) is 12.4. The van der Waals surface area contributed by atoms with Crippen LogP contribution in [0, 0.1) is 20.8 Å². The molecule has 0 aliphatic carbocycles. The van der Waals surface area contributed by atoms with E-state index in [0.29, 0.717) is 13.2 Å². The van der Waals surface area contributed by atoms with Crippen molar-refractivity contribution < 1.29 is 19.7 Å². The Kier molecular flexibility index (Phi) is 8.29. The number of hydrogen-bond donors (Lipinski definition) is 2. The van der Waals surface area contributed by atoms with Crippen molar-refractivity contribution in [2.75, 3.05) is 31.2 Å². The molecule has 0 bridgehead atoms. The van der Waals surface area contributed by atoms with E-state index in [0.717, 1.165) is 53.0 Å². The van der Waals surface area contributed by atoms with Crippen LogP contribution in [0.2, 0.25) is 0 Å². The average molecular weight is 481 g/mol. The number of anilines is 1. The number of aryl methyl sites for hydroxylation is 2. The van der Waals surface area contributed by atoms with E-state index in [1.807, 2.05) is 6.92 Å². The Morgan fingerprint density at radius 1 is 1.09 bits per heavy atom. The molecule has 1 aliphatic rings. The van der Waals surface area contributed by atoms with Crippen molar-refractivity contribution in [3.8, 4) is 11.1 Å². The third-order valence-corrected chi connectivity index (χ3v) is 6.19. The number of aliphatic hydroxyl groups is 1. The van der Waals surface area contributed by atoms with Crippen molar-refractivity contribution in [3.63, 3.8) is 0 Å². The van der Waals surface area contributed by atoms with Crippen molar-refractivity contribution >= 4 is 22.6 Å². The monoisotopic (exact) mass is 480 g/mol. The lowest BCUT2D eigenvalue weighted by Gasteiger charge is -2.34. The normalized spacial score (nSPS) is 13.1. The van der Waals surface area contributed by atoms with Gasteiger partial charge in [0.1, 0.15) is 0 Å². The summed E-state index contributed by atoms with van der Waals surface area (Å²) in [5, 5.41) is 19.4. The second-order valence-electron chi connectivity index (χ2n) is 10.3. The molecule has 1 aromatic heterocycles. The summed E-state index contributed by atoms with van der Waals surface area (Å²) in [4.78, 5) is 14.2. The predicted molar refractivity (Wildman–Crippen MR) is 144 cm³/mol. The Labute approximate surface area is 209 Å². The molecule has 0 spiro atoms. The summed E-state index contributed by atoms with van der Waals surface area (Å²) in [6.45, 7) is 17.6. The maximum Gasteiger partial charge on any atom is 0.307 e. The van der Waals surface area contributed by atoms with Gasteiger partial charge >= 0.3 is 5.97 Å². The molecule has 2 heterocycles. The SMILES string of the molecule is CC(C)(C)O.CCOCCN1CCn2c(C)cc3c(-c4ccc(C)cc4)c(CC(=O)O)c(C)c1c32. The van der Waals surface area contributed by atoms with Gasteiger partial charge in [-0.25, -0.2) is 0 Å². The number of aliphatic carboxylic acids is 1. The molecule has 0 radical (unpaired) electrons. The quantitative estimate of drug-likeness (QED) is 0.437. The molecule has 0 saturated heterocycles. The minimum atomic E-state index is -0.800. The maximum absolute atomic E-state index is 11.8. The molecule has 1 aliphatic heterocycles. The second-order valence-corrected chi connectivity index (χ2v) is 10.3. The van der Waals surface area contributed by atoms with E-state index in [1.165, 1.54) is 16.8 Å². The first-order chi connectivity index (χ1) is 16.4. The van der Waals surface area contributed by atoms with E-state index < -0.39 is 11.6 Å². The summed E-state index contributed by atoms with van der Waals surface area (Å²) in [6, 6.07) is 10.6. The number of carboxylic acids is 1. The highest BCUT2D eigenvalue weighted by molar-refractivity contribution is 6.07. The van der Waals surface area contributed by atoms with Gasteiger partial charge in [0.25, 0.3) is 0 Å². The smallest absolute Gasteiger partial charge is 0.307 e. The van der Waals surface area contributed by atoms with Crippen LogP contribution in [0.3, 0.4) is 0 Å². The highest BCUT2D eigenvalue weighted by Crippen LogP contribution is 2.44. The van der Waals surface area contributed by atoms with E-state index in [9.17, 15) is 9.90 Å². The molecule has 0 fully saturated rings. The van der Waals surface area contributed by atoms with Crippen molar-refractivity contribution in [3.05, 3.63) is 52.7 Å². The lowest BCUT2D eigenvalue weighted by molar-refractivity contribution is -0.136. The molecule has 0 amide bonds. The molecule has 2 aromatic carbocycles. The van der Waals surface area contributed by atoms with Crippen LogP contribution in [0.4, 0.5) is 5.69 Å². The van der Waals surface area contributed by atoms with Crippen molar-refractivity contribution in [1.29, 1.82) is 0 Å². The van der Waals surface area contributed by atoms with Gasteiger partial charge in [0.15, 0.2) is 0 Å². The van der Waals surface area contributed by atoms with Crippen molar-refractivity contribution in [2.45, 2.75) is 67.0 Å². The molecule has 0 saturated carbocycles. The van der Waals surface area contributed by atoms with Crippen LogP contribution in [0.25, 0.3) is 22.0 Å². The summed E-state index contributed by atoms with van der Waals surface area (Å²) in [5.41, 5.74) is 8.41. The third kappa shape index (κ3) is 6.24. The highest BCUT2D eigenvalue weighted by atomic mass is 16.5. The Bertz CT molecular complexity index is 1180. The van der Waals surface area contributed by atoms with Crippen LogP contribution in [0.1, 0.15) is 50.1 Å². The van der Waals surface area contributed by atoms with Gasteiger partial charge in [-0.1, -0.05) is 29.8 Å². The van der Waals surface area contributed by atoms with Gasteiger partial charge in [-0.15, -0.1) is 0 Å². The predicted octanol–water partition coefficient (Wildman–Crippen LogP) is 5.49. The van der Waals surface area contributed by atoms with Gasteiger partial charge in [-0.05, 0) is 76.8 Å². The highest BCUT2D eigenvalue weighted by Gasteiger charge is 2.28. The molecule has 4 rings (SSSR count). The van der Waals surface area contributed by atoms with Gasteiger partial charge in [-0.3, -0.25) is 4.79 Å². The topological polar surface area (TPSA) is 74.9 Å². The van der Waals surface area contributed by atoms with E-state index >= 15 is 0 Å². The van der Waals surface area contributed by atoms with Crippen LogP contribution in [-0.4, -0.2) is 52.7 Å². The molecule has 6 nitrogen and oxygen atoms in total. The van der Waals surface area contributed by atoms with Crippen LogP contribution in [0.5, 0.6) is 0 Å². The molecule has 190 valence electrons. The molecule has 0 unspecified atom stereocenters. The zero-order chi connectivity index (χ0) is 25.9. The van der Waals surface area contributed by atoms with Gasteiger partial charge in [-0.2, -0.15) is 0 Å². The molecule has 35 heavy (non-hydrogen) atoms. The first kappa shape index (κ1) is 26.8. The molecule has 0 atom stereocenters. The van der Waals surface area contributed by atoms with E-state index in [-0.39, 0.29) is 6.42 Å². The standard InChI is InChI=1S/C25H30N2O3.C4H10O/c1-5-30-13-12-26-10-11-27-17(3)14-21-23(19-8-6-16(2)7-9-19)20(15-22(28)29)18(4)24(26)25(21)27;1-4(2,3)5/h6-9,14H,5,10-13,15H2,1-4H3,(H,28,29);5H,1-3H3. The van der Waals surface area contributed by atoms with Gasteiger partial charge < -0.3 is 24.4 Å². The van der Waals surface area contributed by atoms with Gasteiger partial charge in [0.05, 0.1) is 29.8 Å². The van der Waals surface area contributed by atoms with E-state index in [1.54, 1.807) is 20.8 Å². The number of rotatable bonds is 7. The maximum atomic E-state index is 11.8. The van der Waals surface area contributed by atoms with Crippen LogP contribution in [0.15, 0.2) is 30.3 Å². The zero-order valence-corrected chi connectivity index (χ0v) is 22.2. The molecule has 2 N–H and O–H groups in total. The lowest BCUT2D eigenvalue weighted by atomic mass is 9.88. The number of aromatic nitrogens is 1. The molecular weight excluding hydrogens is 440 g/mol. The fourth-order valence-corrected chi connectivity index (χ4v) is 4.77. The number of carbonyl (C=O) groups is 1. The lowest BCUT2D eigenvalue weighted by Crippen LogP contribution is -2.35. The number of carboxylic acid groups (broad SMARTS) is 1. The Morgan fingerprint density at radius 3 is 2.29 bits per heavy atom. The zero-order valence-electron chi connectivity index (χ0n) is 22.2. The van der Waals surface area contributed by atoms with Gasteiger partial charge in [0.2, 0.25) is 0 Å². The van der Waals surface area contributed by atoms with Crippen molar-refractivity contribution in [2.24, 2.45) is 0 Å². The summed E-state index contributed by atoms with van der Waals surface area (Å²) in [6.07, 6.45) is 0.0154. The minimum Gasteiger partial charge on any atom is -0.481 e.